The van der Waals surface area contributed by atoms with Crippen LogP contribution >= 0.6 is 11.6 Å². The molecule has 6 heteroatoms. The zero-order valence-electron chi connectivity index (χ0n) is 14.6. The Hall–Kier alpha value is -1.36. The molecule has 0 bridgehead atoms. The van der Waals surface area contributed by atoms with Gasteiger partial charge >= 0.3 is 5.97 Å². The molecule has 23 heavy (non-hydrogen) atoms. The van der Waals surface area contributed by atoms with Crippen LogP contribution in [0.15, 0.2) is 0 Å². The molecule has 1 unspecified atom stereocenters. The molecule has 0 aromatic carbocycles. The fourth-order valence-electron chi connectivity index (χ4n) is 3.17. The van der Waals surface area contributed by atoms with Gasteiger partial charge in [-0.15, -0.1) is 0 Å². The van der Waals surface area contributed by atoms with Crippen LogP contribution in [0, 0.1) is 18.3 Å². The van der Waals surface area contributed by atoms with Crippen LogP contribution in [0.2, 0.25) is 5.15 Å². The van der Waals surface area contributed by atoms with E-state index >= 15 is 0 Å². The molecule has 1 atom stereocenters. The summed E-state index contributed by atoms with van der Waals surface area (Å²) < 4.78 is 4.98. The fraction of sp³-hybridized carbons (Fsp3) is 0.706. The number of carbonyl (C=O) groups excluding carboxylic acids is 1. The number of carbonyl (C=O) groups is 1. The number of aryl methyl sites for hydroxylation is 1. The van der Waals surface area contributed by atoms with Crippen molar-refractivity contribution in [2.45, 2.75) is 47.0 Å². The van der Waals surface area contributed by atoms with E-state index in [0.717, 1.165) is 49.6 Å². The van der Waals surface area contributed by atoms with Crippen LogP contribution < -0.4 is 4.90 Å². The number of hydrogen-bond donors (Lipinski definition) is 0. The number of esters is 1. The van der Waals surface area contributed by atoms with Crippen molar-refractivity contribution in [1.82, 2.24) is 9.97 Å². The maximum absolute atomic E-state index is 12.1. The monoisotopic (exact) mass is 339 g/mol. The molecule has 0 radical (unpaired) electrons. The lowest BCUT2D eigenvalue weighted by molar-refractivity contribution is -0.154. The van der Waals surface area contributed by atoms with Crippen LogP contribution in [0.5, 0.6) is 0 Å². The van der Waals surface area contributed by atoms with Gasteiger partial charge in [0.25, 0.3) is 0 Å². The van der Waals surface area contributed by atoms with Gasteiger partial charge in [0, 0.05) is 25.1 Å². The molecule has 1 aromatic rings. The van der Waals surface area contributed by atoms with E-state index in [-0.39, 0.29) is 11.9 Å². The number of rotatable bonds is 4. The van der Waals surface area contributed by atoms with Crippen LogP contribution in [-0.2, 0) is 16.0 Å². The number of methoxy groups -OCH3 is 1. The number of aromatic nitrogens is 2. The Morgan fingerprint density at radius 2 is 2.13 bits per heavy atom. The van der Waals surface area contributed by atoms with E-state index in [1.807, 2.05) is 27.7 Å². The second-order valence-electron chi connectivity index (χ2n) is 6.73. The lowest BCUT2D eigenvalue weighted by Gasteiger charge is -2.40. The van der Waals surface area contributed by atoms with Gasteiger partial charge in [0.05, 0.1) is 12.5 Å². The topological polar surface area (TPSA) is 55.3 Å². The van der Waals surface area contributed by atoms with E-state index in [2.05, 4.69) is 14.9 Å². The number of nitrogens with zero attached hydrogens (tertiary/aromatic N) is 3. The van der Waals surface area contributed by atoms with Crippen molar-refractivity contribution in [1.29, 1.82) is 0 Å². The maximum Gasteiger partial charge on any atom is 0.311 e. The molecule has 128 valence electrons. The van der Waals surface area contributed by atoms with E-state index in [1.165, 1.54) is 7.11 Å². The van der Waals surface area contributed by atoms with E-state index in [0.29, 0.717) is 5.15 Å². The number of piperidine rings is 1. The third-order valence-corrected chi connectivity index (χ3v) is 5.24. The Balaban J connectivity index is 2.28. The van der Waals surface area contributed by atoms with Crippen molar-refractivity contribution in [3.8, 4) is 0 Å². The Morgan fingerprint density at radius 1 is 1.43 bits per heavy atom. The Bertz CT molecular complexity index is 589. The predicted octanol–water partition coefficient (Wildman–Crippen LogP) is 3.42. The van der Waals surface area contributed by atoms with Crippen LogP contribution in [-0.4, -0.2) is 36.1 Å². The summed E-state index contributed by atoms with van der Waals surface area (Å²) in [5.74, 6) is 1.72. The summed E-state index contributed by atoms with van der Waals surface area (Å²) in [5, 5.41) is 0.515. The van der Waals surface area contributed by atoms with Crippen molar-refractivity contribution < 1.29 is 9.53 Å². The van der Waals surface area contributed by atoms with Crippen molar-refractivity contribution in [2.75, 3.05) is 25.1 Å². The van der Waals surface area contributed by atoms with Gasteiger partial charge in [-0.1, -0.05) is 18.5 Å². The molecular weight excluding hydrogens is 314 g/mol. The largest absolute Gasteiger partial charge is 0.469 e. The minimum absolute atomic E-state index is 0.156. The number of ether oxygens (including phenoxy) is 1. The van der Waals surface area contributed by atoms with Crippen LogP contribution in [0.1, 0.15) is 45.0 Å². The third kappa shape index (κ3) is 3.60. The first-order valence-electron chi connectivity index (χ1n) is 8.17. The van der Waals surface area contributed by atoms with Gasteiger partial charge in [-0.3, -0.25) is 4.79 Å². The summed E-state index contributed by atoms with van der Waals surface area (Å²) >= 11 is 6.26. The highest BCUT2D eigenvalue weighted by Crippen LogP contribution is 2.37. The molecule has 2 rings (SSSR count). The van der Waals surface area contributed by atoms with Gasteiger partial charge in [0.2, 0.25) is 0 Å². The molecule has 1 aliphatic heterocycles. The molecule has 2 heterocycles. The molecule has 1 aliphatic rings. The second-order valence-corrected chi connectivity index (χ2v) is 7.09. The normalized spacial score (nSPS) is 18.9. The maximum atomic E-state index is 12.1. The Labute approximate surface area is 143 Å². The highest BCUT2D eigenvalue weighted by atomic mass is 35.5. The summed E-state index contributed by atoms with van der Waals surface area (Å²) in [7, 11) is 1.45. The van der Waals surface area contributed by atoms with Gasteiger partial charge < -0.3 is 9.64 Å². The minimum atomic E-state index is -0.508. The van der Waals surface area contributed by atoms with Crippen molar-refractivity contribution in [2.24, 2.45) is 11.3 Å². The zero-order valence-corrected chi connectivity index (χ0v) is 15.4. The fourth-order valence-corrected chi connectivity index (χ4v) is 3.36. The number of halogens is 1. The van der Waals surface area contributed by atoms with Crippen molar-refractivity contribution >= 4 is 23.4 Å². The number of hydrogen-bond acceptors (Lipinski definition) is 5. The highest BCUT2D eigenvalue weighted by molar-refractivity contribution is 6.30. The molecule has 0 amide bonds. The molecule has 1 fully saturated rings. The molecule has 5 nitrogen and oxygen atoms in total. The first kappa shape index (κ1) is 18.0. The summed E-state index contributed by atoms with van der Waals surface area (Å²) in [6.45, 7) is 9.59. The third-order valence-electron chi connectivity index (χ3n) is 4.88. The molecule has 0 aliphatic carbocycles. The first-order valence-corrected chi connectivity index (χ1v) is 8.55. The average molecular weight is 340 g/mol. The highest BCUT2D eigenvalue weighted by Gasteiger charge is 2.40. The average Bonchev–Trinajstić information content (AvgIpc) is 2.56. The van der Waals surface area contributed by atoms with Crippen LogP contribution in [0.3, 0.4) is 0 Å². The molecule has 0 saturated carbocycles. The van der Waals surface area contributed by atoms with E-state index in [9.17, 15) is 4.79 Å². The quantitative estimate of drug-likeness (QED) is 0.621. The summed E-state index contributed by atoms with van der Waals surface area (Å²) in [6.07, 6.45) is 2.78. The summed E-state index contributed by atoms with van der Waals surface area (Å²) in [5.41, 5.74) is 0.395. The van der Waals surface area contributed by atoms with E-state index in [4.69, 9.17) is 16.3 Å². The van der Waals surface area contributed by atoms with Crippen molar-refractivity contribution in [3.63, 3.8) is 0 Å². The minimum Gasteiger partial charge on any atom is -0.469 e. The molecule has 0 N–H and O–H groups in total. The molecule has 0 spiro atoms. The van der Waals surface area contributed by atoms with Gasteiger partial charge in [-0.05, 0) is 39.5 Å². The predicted molar refractivity (Wildman–Crippen MR) is 91.9 cm³/mol. The first-order chi connectivity index (χ1) is 10.8. The molecular formula is C17H26ClN3O2. The standard InChI is InChI=1S/C17H26ClN3O2/c1-6-13-19-14(18)11(2)15(20-13)21-9-7-8-12(10-21)17(3,4)16(22)23-5/h12H,6-10H2,1-5H3. The van der Waals surface area contributed by atoms with Gasteiger partial charge in [0.1, 0.15) is 16.8 Å². The van der Waals surface area contributed by atoms with Gasteiger partial charge in [0.15, 0.2) is 0 Å². The lowest BCUT2D eigenvalue weighted by atomic mass is 9.74. The molecule has 1 aromatic heterocycles. The Kier molecular flexibility index (Phi) is 5.50. The SMILES string of the molecule is CCc1nc(Cl)c(C)c(N2CCCC(C(C)(C)C(=O)OC)C2)n1. The number of anilines is 1. The van der Waals surface area contributed by atoms with Gasteiger partial charge in [-0.2, -0.15) is 0 Å². The second kappa shape index (κ2) is 7.04. The van der Waals surface area contributed by atoms with Crippen LogP contribution in [0.25, 0.3) is 0 Å². The van der Waals surface area contributed by atoms with E-state index < -0.39 is 5.41 Å². The summed E-state index contributed by atoms with van der Waals surface area (Å²) in [4.78, 5) is 23.3. The smallest absolute Gasteiger partial charge is 0.311 e. The molecule has 1 saturated heterocycles. The van der Waals surface area contributed by atoms with Gasteiger partial charge in [-0.25, -0.2) is 9.97 Å². The summed E-state index contributed by atoms with van der Waals surface area (Å²) in [6, 6.07) is 0. The van der Waals surface area contributed by atoms with Crippen LogP contribution in [0.4, 0.5) is 5.82 Å². The zero-order chi connectivity index (χ0) is 17.2. The lowest BCUT2D eigenvalue weighted by Crippen LogP contribution is -2.45. The van der Waals surface area contributed by atoms with E-state index in [1.54, 1.807) is 0 Å². The van der Waals surface area contributed by atoms with Crippen molar-refractivity contribution in [3.05, 3.63) is 16.5 Å². The Morgan fingerprint density at radius 3 is 2.74 bits per heavy atom.